The summed E-state index contributed by atoms with van der Waals surface area (Å²) in [6, 6.07) is 0. The Kier molecular flexibility index (Phi) is 3.47. The second-order valence-corrected chi connectivity index (χ2v) is 3.61. The molecule has 0 amide bonds. The number of aromatic nitrogens is 2. The van der Waals surface area contributed by atoms with Crippen molar-refractivity contribution < 1.29 is 9.26 Å². The molecule has 1 aliphatic rings. The van der Waals surface area contributed by atoms with Crippen molar-refractivity contribution in [3.8, 4) is 0 Å². The van der Waals surface area contributed by atoms with E-state index in [4.69, 9.17) is 15.0 Å². The molecule has 0 aromatic carbocycles. The van der Waals surface area contributed by atoms with Crippen LogP contribution in [0.25, 0.3) is 0 Å². The van der Waals surface area contributed by atoms with Gasteiger partial charge in [0, 0.05) is 6.42 Å². The third-order valence-electron chi connectivity index (χ3n) is 2.19. The summed E-state index contributed by atoms with van der Waals surface area (Å²) >= 11 is 0. The van der Waals surface area contributed by atoms with E-state index in [-0.39, 0.29) is 17.8 Å². The molecule has 2 N–H and O–H groups in total. The minimum atomic E-state index is -0.0696. The maximum Gasteiger partial charge on any atom is 0.237 e. The monoisotopic (exact) mass is 219 g/mol. The summed E-state index contributed by atoms with van der Waals surface area (Å²) in [5.41, 5.74) is 5.31. The van der Waals surface area contributed by atoms with E-state index < -0.39 is 0 Å². The van der Waals surface area contributed by atoms with Crippen LogP contribution in [0.2, 0.25) is 0 Å². The van der Waals surface area contributed by atoms with Gasteiger partial charge in [-0.05, 0) is 13.5 Å². The van der Waals surface area contributed by atoms with Crippen LogP contribution in [0, 0.1) is 0 Å². The second-order valence-electron chi connectivity index (χ2n) is 3.61. The normalized spacial score (nSPS) is 18.4. The fraction of sp³-hybridized carbons (Fsp3) is 0.750. The van der Waals surface area contributed by atoms with Gasteiger partial charge >= 0.3 is 0 Å². The zero-order valence-electron chi connectivity index (χ0n) is 8.02. The molecule has 1 fully saturated rings. The molecule has 1 saturated heterocycles. The summed E-state index contributed by atoms with van der Waals surface area (Å²) in [7, 11) is 0. The van der Waals surface area contributed by atoms with E-state index in [2.05, 4.69) is 17.1 Å². The van der Waals surface area contributed by atoms with E-state index in [0.717, 1.165) is 0 Å². The fourth-order valence-electron chi connectivity index (χ4n) is 1.26. The highest BCUT2D eigenvalue weighted by Gasteiger charge is 2.40. The van der Waals surface area contributed by atoms with Gasteiger partial charge in [-0.15, -0.1) is 12.4 Å². The second kappa shape index (κ2) is 4.25. The number of hydrogen-bond donors (Lipinski definition) is 1. The predicted octanol–water partition coefficient (Wildman–Crippen LogP) is 0.280. The van der Waals surface area contributed by atoms with Crippen molar-refractivity contribution in [1.82, 2.24) is 10.1 Å². The molecule has 6 heteroatoms. The number of halogens is 1. The predicted molar refractivity (Wildman–Crippen MR) is 52.5 cm³/mol. The van der Waals surface area contributed by atoms with Crippen molar-refractivity contribution >= 4 is 12.4 Å². The maximum atomic E-state index is 5.38. The lowest BCUT2D eigenvalue weighted by molar-refractivity contribution is -0.0644. The molecule has 0 radical (unpaired) electrons. The molecule has 2 rings (SSSR count). The van der Waals surface area contributed by atoms with Crippen LogP contribution in [0.3, 0.4) is 0 Å². The molecule has 0 saturated carbocycles. The van der Waals surface area contributed by atoms with Crippen LogP contribution in [-0.4, -0.2) is 29.9 Å². The highest BCUT2D eigenvalue weighted by molar-refractivity contribution is 5.85. The topological polar surface area (TPSA) is 74.2 Å². The van der Waals surface area contributed by atoms with Crippen LogP contribution < -0.4 is 5.73 Å². The Bertz CT molecular complexity index is 299. The van der Waals surface area contributed by atoms with Gasteiger partial charge in [-0.25, -0.2) is 0 Å². The average molecular weight is 220 g/mol. The van der Waals surface area contributed by atoms with Crippen LogP contribution >= 0.6 is 12.4 Å². The SMILES string of the molecule is CC1(c2nc(CCN)no2)COC1.Cl. The van der Waals surface area contributed by atoms with E-state index in [1.807, 2.05) is 0 Å². The van der Waals surface area contributed by atoms with E-state index >= 15 is 0 Å². The molecule has 0 bridgehead atoms. The van der Waals surface area contributed by atoms with E-state index in [9.17, 15) is 0 Å². The quantitative estimate of drug-likeness (QED) is 0.791. The summed E-state index contributed by atoms with van der Waals surface area (Å²) in [6.07, 6.45) is 0.667. The van der Waals surface area contributed by atoms with Crippen molar-refractivity contribution in [3.63, 3.8) is 0 Å². The van der Waals surface area contributed by atoms with E-state index in [1.165, 1.54) is 0 Å². The van der Waals surface area contributed by atoms with Crippen molar-refractivity contribution in [2.45, 2.75) is 18.8 Å². The van der Waals surface area contributed by atoms with Crippen LogP contribution in [0.15, 0.2) is 4.52 Å². The van der Waals surface area contributed by atoms with Gasteiger partial charge < -0.3 is 15.0 Å². The van der Waals surface area contributed by atoms with Crippen molar-refractivity contribution in [1.29, 1.82) is 0 Å². The number of nitrogens with zero attached hydrogens (tertiary/aromatic N) is 2. The minimum Gasteiger partial charge on any atom is -0.379 e. The van der Waals surface area contributed by atoms with Gasteiger partial charge in [0.05, 0.1) is 18.6 Å². The minimum absolute atomic E-state index is 0. The summed E-state index contributed by atoms with van der Waals surface area (Å²) in [5, 5.41) is 3.83. The first kappa shape index (κ1) is 11.4. The van der Waals surface area contributed by atoms with Gasteiger partial charge in [-0.1, -0.05) is 5.16 Å². The number of hydrogen-bond acceptors (Lipinski definition) is 5. The largest absolute Gasteiger partial charge is 0.379 e. The number of ether oxygens (including phenoxy) is 1. The molecular formula is C8H14ClN3O2. The summed E-state index contributed by atoms with van der Waals surface area (Å²) < 4.78 is 10.2. The van der Waals surface area contributed by atoms with E-state index in [1.54, 1.807) is 0 Å². The Labute approximate surface area is 88.4 Å². The fourth-order valence-corrected chi connectivity index (χ4v) is 1.26. The molecule has 80 valence electrons. The average Bonchev–Trinajstić information content (AvgIpc) is 2.50. The van der Waals surface area contributed by atoms with Gasteiger partial charge in [0.2, 0.25) is 5.89 Å². The highest BCUT2D eigenvalue weighted by Crippen LogP contribution is 2.30. The summed E-state index contributed by atoms with van der Waals surface area (Å²) in [4.78, 5) is 4.26. The Hall–Kier alpha value is -0.650. The van der Waals surface area contributed by atoms with E-state index in [0.29, 0.717) is 37.9 Å². The molecule has 1 aliphatic heterocycles. The zero-order chi connectivity index (χ0) is 9.31. The Balaban J connectivity index is 0.000000980. The summed E-state index contributed by atoms with van der Waals surface area (Å²) in [6.45, 7) is 3.93. The summed E-state index contributed by atoms with van der Waals surface area (Å²) in [5.74, 6) is 1.35. The third kappa shape index (κ3) is 1.89. The molecule has 5 nitrogen and oxygen atoms in total. The number of nitrogens with two attached hydrogens (primary N) is 1. The standard InChI is InChI=1S/C8H13N3O2.ClH/c1-8(4-12-5-8)7-10-6(2-3-9)11-13-7;/h2-5,9H2,1H3;1H. The lowest BCUT2D eigenvalue weighted by atomic mass is 9.89. The molecule has 1 aromatic heterocycles. The van der Waals surface area contributed by atoms with Crippen molar-refractivity contribution in [3.05, 3.63) is 11.7 Å². The van der Waals surface area contributed by atoms with Gasteiger partial charge in [-0.3, -0.25) is 0 Å². The number of rotatable bonds is 3. The van der Waals surface area contributed by atoms with Gasteiger partial charge in [0.15, 0.2) is 5.82 Å². The van der Waals surface area contributed by atoms with Crippen LogP contribution in [-0.2, 0) is 16.6 Å². The lowest BCUT2D eigenvalue weighted by Crippen LogP contribution is -2.44. The Morgan fingerprint density at radius 1 is 1.50 bits per heavy atom. The van der Waals surface area contributed by atoms with Crippen molar-refractivity contribution in [2.75, 3.05) is 19.8 Å². The zero-order valence-corrected chi connectivity index (χ0v) is 8.84. The molecule has 14 heavy (non-hydrogen) atoms. The maximum absolute atomic E-state index is 5.38. The molecule has 0 spiro atoms. The van der Waals surface area contributed by atoms with Gasteiger partial charge in [0.25, 0.3) is 0 Å². The van der Waals surface area contributed by atoms with Crippen molar-refractivity contribution in [2.24, 2.45) is 5.73 Å². The van der Waals surface area contributed by atoms with Crippen LogP contribution in [0.5, 0.6) is 0 Å². The molecular weight excluding hydrogens is 206 g/mol. The van der Waals surface area contributed by atoms with Gasteiger partial charge in [-0.2, -0.15) is 4.98 Å². The van der Waals surface area contributed by atoms with Crippen LogP contribution in [0.4, 0.5) is 0 Å². The highest BCUT2D eigenvalue weighted by atomic mass is 35.5. The molecule has 2 heterocycles. The third-order valence-corrected chi connectivity index (χ3v) is 2.19. The Morgan fingerprint density at radius 2 is 2.21 bits per heavy atom. The molecule has 0 atom stereocenters. The molecule has 1 aromatic rings. The Morgan fingerprint density at radius 3 is 2.71 bits per heavy atom. The first-order valence-corrected chi connectivity index (χ1v) is 4.35. The smallest absolute Gasteiger partial charge is 0.237 e. The van der Waals surface area contributed by atoms with Gasteiger partial charge in [0.1, 0.15) is 0 Å². The molecule has 0 unspecified atom stereocenters. The first-order chi connectivity index (χ1) is 6.24. The van der Waals surface area contributed by atoms with Crippen LogP contribution in [0.1, 0.15) is 18.6 Å². The first-order valence-electron chi connectivity index (χ1n) is 4.35. The lowest BCUT2D eigenvalue weighted by Gasteiger charge is -2.33. The molecule has 0 aliphatic carbocycles.